The normalized spacial score (nSPS) is 10.5. The molecule has 0 atom stereocenters. The molecule has 0 saturated heterocycles. The van der Waals surface area contributed by atoms with Crippen molar-refractivity contribution in [1.29, 1.82) is 0 Å². The van der Waals surface area contributed by atoms with Gasteiger partial charge in [0.15, 0.2) is 0 Å². The van der Waals surface area contributed by atoms with Crippen LogP contribution in [0.1, 0.15) is 5.56 Å². The third kappa shape index (κ3) is 3.51. The minimum Gasteiger partial charge on any atom is -0.263 e. The molecular weight excluding hydrogens is 308 g/mol. The average molecular weight is 316 g/mol. The van der Waals surface area contributed by atoms with Crippen molar-refractivity contribution in [3.63, 3.8) is 0 Å². The molecule has 0 N–H and O–H groups in total. The van der Waals surface area contributed by atoms with Gasteiger partial charge in [0, 0.05) is 27.5 Å². The molecule has 2 rings (SSSR count). The van der Waals surface area contributed by atoms with Crippen molar-refractivity contribution in [2.75, 3.05) is 0 Å². The number of halogens is 3. The molecule has 1 heterocycles. The molecule has 0 aliphatic heterocycles. The second kappa shape index (κ2) is 5.60. The fourth-order valence-corrected chi connectivity index (χ4v) is 2.58. The first-order chi connectivity index (χ1) is 8.15. The Bertz CT molecular complexity index is 534. The fourth-order valence-electron chi connectivity index (χ4n) is 1.28. The van der Waals surface area contributed by atoms with E-state index < -0.39 is 11.6 Å². The van der Waals surface area contributed by atoms with Crippen molar-refractivity contribution < 1.29 is 8.78 Å². The van der Waals surface area contributed by atoms with Crippen LogP contribution in [0.4, 0.5) is 8.78 Å². The van der Waals surface area contributed by atoms with E-state index in [0.29, 0.717) is 10.6 Å². The van der Waals surface area contributed by atoms with E-state index in [1.807, 2.05) is 6.07 Å². The van der Waals surface area contributed by atoms with Crippen LogP contribution >= 0.6 is 27.7 Å². The lowest BCUT2D eigenvalue weighted by Crippen LogP contribution is -1.86. The summed E-state index contributed by atoms with van der Waals surface area (Å²) in [6, 6.07) is 5.35. The SMILES string of the molecule is Fc1ccc(F)c(SCc2cncc(Br)c2)c1. The van der Waals surface area contributed by atoms with Crippen LogP contribution in [-0.4, -0.2) is 4.98 Å². The maximum atomic E-state index is 13.3. The van der Waals surface area contributed by atoms with Gasteiger partial charge < -0.3 is 0 Å². The van der Waals surface area contributed by atoms with Gasteiger partial charge in [-0.05, 0) is 45.8 Å². The highest BCUT2D eigenvalue weighted by Gasteiger charge is 2.05. The van der Waals surface area contributed by atoms with Crippen LogP contribution in [0.2, 0.25) is 0 Å². The number of hydrogen-bond donors (Lipinski definition) is 0. The summed E-state index contributed by atoms with van der Waals surface area (Å²) in [5.41, 5.74) is 0.952. The number of benzene rings is 1. The molecule has 88 valence electrons. The molecule has 1 aromatic carbocycles. The molecule has 0 spiro atoms. The van der Waals surface area contributed by atoms with Gasteiger partial charge in [0.1, 0.15) is 11.6 Å². The first-order valence-electron chi connectivity index (χ1n) is 4.82. The second-order valence-electron chi connectivity index (χ2n) is 3.37. The van der Waals surface area contributed by atoms with Crippen molar-refractivity contribution in [2.24, 2.45) is 0 Å². The number of hydrogen-bond acceptors (Lipinski definition) is 2. The summed E-state index contributed by atoms with van der Waals surface area (Å²) in [7, 11) is 0. The highest BCUT2D eigenvalue weighted by atomic mass is 79.9. The summed E-state index contributed by atoms with van der Waals surface area (Å²) in [6.07, 6.45) is 3.38. The number of rotatable bonds is 3. The van der Waals surface area contributed by atoms with Gasteiger partial charge in [-0.3, -0.25) is 4.98 Å². The Labute approximate surface area is 110 Å². The van der Waals surface area contributed by atoms with E-state index in [2.05, 4.69) is 20.9 Å². The zero-order chi connectivity index (χ0) is 12.3. The van der Waals surface area contributed by atoms with Crippen molar-refractivity contribution in [3.8, 4) is 0 Å². The molecule has 5 heteroatoms. The lowest BCUT2D eigenvalue weighted by atomic mass is 10.3. The molecule has 1 nitrogen and oxygen atoms in total. The first kappa shape index (κ1) is 12.5. The number of thioether (sulfide) groups is 1. The monoisotopic (exact) mass is 315 g/mol. The van der Waals surface area contributed by atoms with E-state index in [-0.39, 0.29) is 0 Å². The summed E-state index contributed by atoms with van der Waals surface area (Å²) in [5, 5.41) is 0. The fraction of sp³-hybridized carbons (Fsp3) is 0.0833. The van der Waals surface area contributed by atoms with E-state index in [1.54, 1.807) is 12.4 Å². The zero-order valence-corrected chi connectivity index (χ0v) is 11.1. The zero-order valence-electron chi connectivity index (χ0n) is 8.66. The molecule has 2 aromatic rings. The van der Waals surface area contributed by atoms with Gasteiger partial charge in [0.2, 0.25) is 0 Å². The van der Waals surface area contributed by atoms with E-state index >= 15 is 0 Å². The molecular formula is C12H8BrF2NS. The molecule has 0 amide bonds. The van der Waals surface area contributed by atoms with Crippen molar-refractivity contribution >= 4 is 27.7 Å². The largest absolute Gasteiger partial charge is 0.263 e. The van der Waals surface area contributed by atoms with Crippen molar-refractivity contribution in [2.45, 2.75) is 10.6 Å². The van der Waals surface area contributed by atoms with E-state index in [4.69, 9.17) is 0 Å². The Morgan fingerprint density at radius 2 is 2.00 bits per heavy atom. The van der Waals surface area contributed by atoms with E-state index in [9.17, 15) is 8.78 Å². The minimum absolute atomic E-state index is 0.310. The number of aromatic nitrogens is 1. The highest BCUT2D eigenvalue weighted by molar-refractivity contribution is 9.10. The lowest BCUT2D eigenvalue weighted by molar-refractivity contribution is 0.577. The van der Waals surface area contributed by atoms with Crippen LogP contribution in [0.15, 0.2) is 46.0 Å². The maximum absolute atomic E-state index is 13.3. The van der Waals surface area contributed by atoms with Gasteiger partial charge in [-0.25, -0.2) is 8.78 Å². The summed E-state index contributed by atoms with van der Waals surface area (Å²) in [5.74, 6) is -0.284. The minimum atomic E-state index is -0.429. The summed E-state index contributed by atoms with van der Waals surface area (Å²) < 4.78 is 27.1. The molecule has 0 bridgehead atoms. The molecule has 17 heavy (non-hydrogen) atoms. The maximum Gasteiger partial charge on any atom is 0.136 e. The predicted molar refractivity (Wildman–Crippen MR) is 67.9 cm³/mol. The van der Waals surface area contributed by atoms with E-state index in [1.165, 1.54) is 17.8 Å². The van der Waals surface area contributed by atoms with Crippen LogP contribution in [0, 0.1) is 11.6 Å². The molecule has 0 radical (unpaired) electrons. The second-order valence-corrected chi connectivity index (χ2v) is 5.31. The highest BCUT2D eigenvalue weighted by Crippen LogP contribution is 2.26. The Morgan fingerprint density at radius 1 is 1.18 bits per heavy atom. The molecule has 0 unspecified atom stereocenters. The van der Waals surface area contributed by atoms with Crippen molar-refractivity contribution in [3.05, 3.63) is 58.3 Å². The third-order valence-electron chi connectivity index (χ3n) is 2.05. The standard InChI is InChI=1S/C12H8BrF2NS/c13-9-3-8(5-16-6-9)7-17-12-4-10(14)1-2-11(12)15/h1-6H,7H2. The number of pyridine rings is 1. The summed E-state index contributed by atoms with van der Waals surface area (Å²) in [4.78, 5) is 4.32. The summed E-state index contributed by atoms with van der Waals surface area (Å²) >= 11 is 4.56. The van der Waals surface area contributed by atoms with Crippen LogP contribution in [-0.2, 0) is 5.75 Å². The number of nitrogens with zero attached hydrogens (tertiary/aromatic N) is 1. The molecule has 0 fully saturated rings. The van der Waals surface area contributed by atoms with Gasteiger partial charge in [-0.1, -0.05) is 0 Å². The third-order valence-corrected chi connectivity index (χ3v) is 3.58. The van der Waals surface area contributed by atoms with Gasteiger partial charge in [0.25, 0.3) is 0 Å². The molecule has 0 aliphatic rings. The first-order valence-corrected chi connectivity index (χ1v) is 6.60. The Balaban J connectivity index is 2.09. The van der Waals surface area contributed by atoms with Gasteiger partial charge in [0.05, 0.1) is 0 Å². The topological polar surface area (TPSA) is 12.9 Å². The van der Waals surface area contributed by atoms with Gasteiger partial charge >= 0.3 is 0 Å². The van der Waals surface area contributed by atoms with Crippen LogP contribution in [0.25, 0.3) is 0 Å². The van der Waals surface area contributed by atoms with Gasteiger partial charge in [-0.2, -0.15) is 0 Å². The average Bonchev–Trinajstić information content (AvgIpc) is 2.30. The summed E-state index contributed by atoms with van der Waals surface area (Å²) in [6.45, 7) is 0. The lowest BCUT2D eigenvalue weighted by Gasteiger charge is -2.03. The van der Waals surface area contributed by atoms with Crippen LogP contribution in [0.3, 0.4) is 0 Å². The Hall–Kier alpha value is -0.940. The predicted octanol–water partition coefficient (Wildman–Crippen LogP) is 4.41. The molecule has 0 aliphatic carbocycles. The van der Waals surface area contributed by atoms with Crippen LogP contribution in [0.5, 0.6) is 0 Å². The van der Waals surface area contributed by atoms with Gasteiger partial charge in [-0.15, -0.1) is 11.8 Å². The van der Waals surface area contributed by atoms with Crippen molar-refractivity contribution in [1.82, 2.24) is 4.98 Å². The molecule has 1 aromatic heterocycles. The molecule has 0 saturated carbocycles. The van der Waals surface area contributed by atoms with Crippen LogP contribution < -0.4 is 0 Å². The smallest absolute Gasteiger partial charge is 0.136 e. The Morgan fingerprint density at radius 3 is 2.76 bits per heavy atom. The Kier molecular flexibility index (Phi) is 4.12. The van der Waals surface area contributed by atoms with E-state index in [0.717, 1.165) is 22.2 Å². The quantitative estimate of drug-likeness (QED) is 0.778.